The lowest BCUT2D eigenvalue weighted by molar-refractivity contribution is -0.128. The van der Waals surface area contributed by atoms with Crippen LogP contribution < -0.4 is 9.64 Å². The summed E-state index contributed by atoms with van der Waals surface area (Å²) in [6, 6.07) is 9.56. The van der Waals surface area contributed by atoms with Gasteiger partial charge in [-0.3, -0.25) is 9.78 Å². The van der Waals surface area contributed by atoms with E-state index < -0.39 is 23.4 Å². The van der Waals surface area contributed by atoms with E-state index in [0.717, 1.165) is 5.92 Å². The van der Waals surface area contributed by atoms with Crippen molar-refractivity contribution in [1.29, 1.82) is 5.26 Å². The maximum absolute atomic E-state index is 16.0. The Balaban J connectivity index is 0.000000354. The Bertz CT molecular complexity index is 1810. The minimum Gasteiger partial charge on any atom is -0.467 e. The lowest BCUT2D eigenvalue weighted by atomic mass is 10.0. The van der Waals surface area contributed by atoms with Crippen molar-refractivity contribution in [3.8, 4) is 23.3 Å². The van der Waals surface area contributed by atoms with Crippen LogP contribution in [0.25, 0.3) is 32.9 Å². The first-order chi connectivity index (χ1) is 22.2. The molecule has 7 rings (SSSR count). The number of piperidine rings is 1. The van der Waals surface area contributed by atoms with Crippen LogP contribution >= 0.6 is 11.6 Å². The van der Waals surface area contributed by atoms with E-state index in [2.05, 4.69) is 26.4 Å². The Morgan fingerprint density at radius 3 is 2.35 bits per heavy atom. The van der Waals surface area contributed by atoms with E-state index in [1.165, 1.54) is 63.7 Å². The molecule has 0 atom stereocenters. The van der Waals surface area contributed by atoms with Gasteiger partial charge in [0.2, 0.25) is 0 Å². The van der Waals surface area contributed by atoms with Crippen molar-refractivity contribution in [3.05, 3.63) is 65.6 Å². The molecule has 0 aliphatic carbocycles. The molecule has 0 N–H and O–H groups in total. The van der Waals surface area contributed by atoms with Gasteiger partial charge in [-0.05, 0) is 43.3 Å². The second-order valence-corrected chi connectivity index (χ2v) is 11.5. The summed E-state index contributed by atoms with van der Waals surface area (Å²) >= 11 is 6.25. The van der Waals surface area contributed by atoms with Gasteiger partial charge in [0.05, 0.1) is 23.6 Å². The monoisotopic (exact) mass is 651 g/mol. The van der Waals surface area contributed by atoms with Crippen LogP contribution in [-0.2, 0) is 4.79 Å². The fraction of sp³-hybridized carbons (Fsp3) is 0.364. The molecule has 3 aliphatic rings. The van der Waals surface area contributed by atoms with Gasteiger partial charge in [-0.25, -0.2) is 13.2 Å². The minimum atomic E-state index is -1.02. The standard InChI is InChI=1S/C25H19ClF3N5O2.C6H11N.C2H3N/c1-13(27)24(35)34-10-8-33(9-11-34)23-16-12-30-21(20(29)22(16)31-25(32-23)36-2)15-5-3-4-14-6-7-17(28)19(26)18(14)15;1-3-7-4-2-6(1)5-7;1-2-3/h3-7,12H,1,8-11H2,2H3;6H,1-5H2;1H3. The summed E-state index contributed by atoms with van der Waals surface area (Å²) in [5.74, 6) is -1.70. The van der Waals surface area contributed by atoms with Crippen molar-refractivity contribution >= 4 is 45.0 Å². The molecule has 1 amide bonds. The van der Waals surface area contributed by atoms with Crippen LogP contribution in [0.4, 0.5) is 19.0 Å². The van der Waals surface area contributed by atoms with Gasteiger partial charge in [0, 0.05) is 56.8 Å². The van der Waals surface area contributed by atoms with E-state index in [1.807, 2.05) is 4.90 Å². The van der Waals surface area contributed by atoms with Gasteiger partial charge < -0.3 is 19.4 Å². The fourth-order valence-electron chi connectivity index (χ4n) is 6.06. The Morgan fingerprint density at radius 1 is 1.09 bits per heavy atom. The molecule has 3 aliphatic heterocycles. The molecule has 3 fully saturated rings. The lowest BCUT2D eigenvalue weighted by Gasteiger charge is -2.35. The number of methoxy groups -OCH3 is 1. The summed E-state index contributed by atoms with van der Waals surface area (Å²) in [7, 11) is 1.36. The third-order valence-corrected chi connectivity index (χ3v) is 8.71. The van der Waals surface area contributed by atoms with Gasteiger partial charge in [0.15, 0.2) is 11.6 Å². The number of carbonyl (C=O) groups excluding carboxylic acids is 1. The first-order valence-corrected chi connectivity index (χ1v) is 15.2. The van der Waals surface area contributed by atoms with Crippen LogP contribution in [0.5, 0.6) is 6.01 Å². The molecular formula is C33H33ClF3N7O2. The highest BCUT2D eigenvalue weighted by Gasteiger charge is 2.29. The third kappa shape index (κ3) is 6.71. The number of carbonyl (C=O) groups is 1. The van der Waals surface area contributed by atoms with Crippen LogP contribution in [0.1, 0.15) is 19.8 Å². The number of anilines is 1. The molecule has 5 heterocycles. The van der Waals surface area contributed by atoms with E-state index in [-0.39, 0.29) is 35.3 Å². The summed E-state index contributed by atoms with van der Waals surface area (Å²) in [5, 5.41) is 8.48. The number of hydrogen-bond donors (Lipinski definition) is 0. The molecule has 240 valence electrons. The number of piperazine rings is 1. The SMILES string of the molecule is C1CN2CCC1C2.C=C(F)C(=O)N1CCN(c2nc(OC)nc3c(F)c(-c4cccc5ccc(F)c(Cl)c45)ncc23)CC1.CC#N. The number of pyridine rings is 1. The second kappa shape index (κ2) is 14.3. The quantitative estimate of drug-likeness (QED) is 0.242. The number of halogens is 4. The molecule has 2 bridgehead atoms. The molecule has 0 radical (unpaired) electrons. The molecular weight excluding hydrogens is 619 g/mol. The Morgan fingerprint density at radius 2 is 1.78 bits per heavy atom. The molecule has 46 heavy (non-hydrogen) atoms. The van der Waals surface area contributed by atoms with E-state index in [1.54, 1.807) is 30.3 Å². The van der Waals surface area contributed by atoms with Crippen molar-refractivity contribution < 1.29 is 22.7 Å². The highest BCUT2D eigenvalue weighted by atomic mass is 35.5. The number of benzene rings is 2. The third-order valence-electron chi connectivity index (χ3n) is 8.34. The van der Waals surface area contributed by atoms with Gasteiger partial charge in [0.1, 0.15) is 22.8 Å². The average Bonchev–Trinajstić information content (AvgIpc) is 3.73. The number of amides is 1. The Labute approximate surface area is 269 Å². The second-order valence-electron chi connectivity index (χ2n) is 11.1. The number of hydrogen-bond acceptors (Lipinski definition) is 8. The van der Waals surface area contributed by atoms with Crippen LogP contribution in [-0.4, -0.2) is 83.6 Å². The van der Waals surface area contributed by atoms with Gasteiger partial charge >= 0.3 is 6.01 Å². The number of rotatable bonds is 4. The van der Waals surface area contributed by atoms with Crippen molar-refractivity contribution in [2.75, 3.05) is 57.8 Å². The molecule has 4 aromatic rings. The van der Waals surface area contributed by atoms with Gasteiger partial charge in [-0.15, -0.1) is 0 Å². The zero-order valence-corrected chi connectivity index (χ0v) is 26.3. The summed E-state index contributed by atoms with van der Waals surface area (Å²) < 4.78 is 48.7. The topological polar surface area (TPSA) is 98.5 Å². The summed E-state index contributed by atoms with van der Waals surface area (Å²) in [4.78, 5) is 30.6. The molecule has 3 saturated heterocycles. The summed E-state index contributed by atoms with van der Waals surface area (Å²) in [5.41, 5.74) is 0.223. The first kappa shape index (κ1) is 32.9. The maximum atomic E-state index is 16.0. The lowest BCUT2D eigenvalue weighted by Crippen LogP contribution is -2.49. The van der Waals surface area contributed by atoms with Crippen molar-refractivity contribution in [3.63, 3.8) is 0 Å². The van der Waals surface area contributed by atoms with Crippen molar-refractivity contribution in [2.45, 2.75) is 19.8 Å². The largest absolute Gasteiger partial charge is 0.467 e. The minimum absolute atomic E-state index is 0.0398. The van der Waals surface area contributed by atoms with Crippen LogP contribution in [0, 0.1) is 28.9 Å². The van der Waals surface area contributed by atoms with Gasteiger partial charge in [0.25, 0.3) is 5.91 Å². The molecule has 0 unspecified atom stereocenters. The molecule has 0 saturated carbocycles. The highest BCUT2D eigenvalue weighted by molar-refractivity contribution is 6.36. The van der Waals surface area contributed by atoms with E-state index in [0.29, 0.717) is 40.6 Å². The van der Waals surface area contributed by atoms with Crippen molar-refractivity contribution in [2.24, 2.45) is 5.92 Å². The van der Waals surface area contributed by atoms with Crippen molar-refractivity contribution in [1.82, 2.24) is 24.8 Å². The Kier molecular flexibility index (Phi) is 10.2. The summed E-state index contributed by atoms with van der Waals surface area (Å²) in [6.07, 6.45) is 4.41. The van der Waals surface area contributed by atoms with Gasteiger partial charge in [-0.1, -0.05) is 42.4 Å². The molecule has 9 nitrogen and oxygen atoms in total. The smallest absolute Gasteiger partial charge is 0.318 e. The molecule has 2 aromatic heterocycles. The molecule has 2 aromatic carbocycles. The van der Waals surface area contributed by atoms with Gasteiger partial charge in [-0.2, -0.15) is 15.2 Å². The molecule has 13 heteroatoms. The predicted molar refractivity (Wildman–Crippen MR) is 171 cm³/mol. The fourth-order valence-corrected chi connectivity index (χ4v) is 6.33. The van der Waals surface area contributed by atoms with E-state index in [9.17, 15) is 13.6 Å². The van der Waals surface area contributed by atoms with Crippen LogP contribution in [0.3, 0.4) is 0 Å². The van der Waals surface area contributed by atoms with Crippen LogP contribution in [0.15, 0.2) is 48.9 Å². The number of ether oxygens (including phenoxy) is 1. The zero-order chi connectivity index (χ0) is 33.0. The summed E-state index contributed by atoms with van der Waals surface area (Å²) in [6.45, 7) is 9.77. The number of nitrogens with zero attached hydrogens (tertiary/aromatic N) is 7. The Hall–Kier alpha value is -4.47. The van der Waals surface area contributed by atoms with Crippen LogP contribution in [0.2, 0.25) is 5.02 Å². The zero-order valence-electron chi connectivity index (χ0n) is 25.6. The maximum Gasteiger partial charge on any atom is 0.318 e. The normalized spacial score (nSPS) is 18.4. The highest BCUT2D eigenvalue weighted by Crippen LogP contribution is 2.38. The predicted octanol–water partition coefficient (Wildman–Crippen LogP) is 6.16. The number of fused-ring (bicyclic) bond motifs is 4. The number of aromatic nitrogens is 3. The first-order valence-electron chi connectivity index (χ1n) is 14.9. The van der Waals surface area contributed by atoms with E-state index >= 15 is 4.39 Å². The average molecular weight is 652 g/mol. The number of nitriles is 1. The van der Waals surface area contributed by atoms with E-state index in [4.69, 9.17) is 21.6 Å². The molecule has 0 spiro atoms.